The summed E-state index contributed by atoms with van der Waals surface area (Å²) in [5, 5.41) is 4.29. The smallest absolute Gasteiger partial charge is 0.235 e. The number of amides is 1. The molecule has 2 aromatic rings. The molecular weight excluding hydrogens is 293 g/mol. The van der Waals surface area contributed by atoms with Crippen LogP contribution in [-0.4, -0.2) is 5.91 Å². The monoisotopic (exact) mass is 305 g/mol. The first-order valence-electron chi connectivity index (χ1n) is 6.43. The lowest BCUT2D eigenvalue weighted by molar-refractivity contribution is -0.118. The first-order chi connectivity index (χ1) is 9.60. The van der Waals surface area contributed by atoms with E-state index >= 15 is 0 Å². The summed E-state index contributed by atoms with van der Waals surface area (Å²) in [5.74, 6) is 0.0298. The number of anilines is 1. The minimum Gasteiger partial charge on any atom is -0.325 e. The van der Waals surface area contributed by atoms with Crippen molar-refractivity contribution in [2.24, 2.45) is 0 Å². The van der Waals surface area contributed by atoms with Crippen molar-refractivity contribution in [3.8, 4) is 0 Å². The Labute approximate surface area is 127 Å². The van der Waals surface area contributed by atoms with Gasteiger partial charge in [-0.15, -0.1) is 0 Å². The van der Waals surface area contributed by atoms with Gasteiger partial charge in [-0.2, -0.15) is 0 Å². The highest BCUT2D eigenvalue weighted by Gasteiger charge is 2.51. The number of carbonyl (C=O) groups is 1. The Bertz CT molecular complexity index is 631. The Morgan fingerprint density at radius 1 is 0.900 bits per heavy atom. The third-order valence-corrected chi connectivity index (χ3v) is 4.19. The summed E-state index contributed by atoms with van der Waals surface area (Å²) in [5.41, 5.74) is 1.39. The van der Waals surface area contributed by atoms with Crippen LogP contribution in [0, 0.1) is 0 Å². The van der Waals surface area contributed by atoms with Crippen LogP contribution in [0.2, 0.25) is 10.0 Å². The molecule has 0 unspecified atom stereocenters. The Hall–Kier alpha value is -1.51. The normalized spacial score (nSPS) is 15.7. The Balaban J connectivity index is 1.79. The molecule has 0 radical (unpaired) electrons. The van der Waals surface area contributed by atoms with E-state index in [0.29, 0.717) is 10.0 Å². The molecule has 1 amide bonds. The van der Waals surface area contributed by atoms with Crippen molar-refractivity contribution in [2.45, 2.75) is 18.3 Å². The third kappa shape index (κ3) is 2.54. The summed E-state index contributed by atoms with van der Waals surface area (Å²) in [6, 6.07) is 14.6. The van der Waals surface area contributed by atoms with Gasteiger partial charge in [-0.05, 0) is 54.8 Å². The number of benzene rings is 2. The van der Waals surface area contributed by atoms with Crippen molar-refractivity contribution in [3.05, 3.63) is 64.1 Å². The lowest BCUT2D eigenvalue weighted by atomic mass is 9.95. The standard InChI is InChI=1S/C16H13Cl2NO/c17-12-3-1-11(2-4-12)16(9-10-16)15(20)19-14-7-5-13(18)6-8-14/h1-8H,9-10H2,(H,19,20). The Morgan fingerprint density at radius 2 is 1.40 bits per heavy atom. The van der Waals surface area contributed by atoms with E-state index in [2.05, 4.69) is 5.32 Å². The fourth-order valence-electron chi connectivity index (χ4n) is 2.32. The summed E-state index contributed by atoms with van der Waals surface area (Å²) in [7, 11) is 0. The van der Waals surface area contributed by atoms with Crippen LogP contribution < -0.4 is 5.32 Å². The zero-order chi connectivity index (χ0) is 14.2. The van der Waals surface area contributed by atoms with E-state index in [4.69, 9.17) is 23.2 Å². The van der Waals surface area contributed by atoms with Crippen LogP contribution in [0.4, 0.5) is 5.69 Å². The molecule has 2 aromatic carbocycles. The summed E-state index contributed by atoms with van der Waals surface area (Å²) in [4.78, 5) is 12.5. The molecule has 3 rings (SSSR count). The van der Waals surface area contributed by atoms with Gasteiger partial charge in [-0.25, -0.2) is 0 Å². The van der Waals surface area contributed by atoms with Crippen molar-refractivity contribution < 1.29 is 4.79 Å². The maximum absolute atomic E-state index is 12.5. The van der Waals surface area contributed by atoms with Gasteiger partial charge in [-0.1, -0.05) is 35.3 Å². The highest BCUT2D eigenvalue weighted by molar-refractivity contribution is 6.30. The maximum atomic E-state index is 12.5. The quantitative estimate of drug-likeness (QED) is 0.877. The molecule has 1 aliphatic carbocycles. The molecule has 1 saturated carbocycles. The van der Waals surface area contributed by atoms with Crippen molar-refractivity contribution in [2.75, 3.05) is 5.32 Å². The van der Waals surface area contributed by atoms with Crippen LogP contribution >= 0.6 is 23.2 Å². The summed E-state index contributed by atoms with van der Waals surface area (Å²) >= 11 is 11.7. The van der Waals surface area contributed by atoms with Gasteiger partial charge >= 0.3 is 0 Å². The lowest BCUT2D eigenvalue weighted by Gasteiger charge is -2.16. The van der Waals surface area contributed by atoms with Gasteiger partial charge in [0.1, 0.15) is 0 Å². The van der Waals surface area contributed by atoms with Crippen LogP contribution in [0.25, 0.3) is 0 Å². The first kappa shape index (κ1) is 13.5. The van der Waals surface area contributed by atoms with E-state index in [1.165, 1.54) is 0 Å². The van der Waals surface area contributed by atoms with Crippen LogP contribution in [0.1, 0.15) is 18.4 Å². The van der Waals surface area contributed by atoms with Gasteiger partial charge in [0, 0.05) is 15.7 Å². The van der Waals surface area contributed by atoms with E-state index in [1.807, 2.05) is 24.3 Å². The zero-order valence-corrected chi connectivity index (χ0v) is 12.2. The van der Waals surface area contributed by atoms with E-state index in [9.17, 15) is 4.79 Å². The van der Waals surface area contributed by atoms with E-state index in [1.54, 1.807) is 24.3 Å². The first-order valence-corrected chi connectivity index (χ1v) is 7.19. The molecule has 0 bridgehead atoms. The predicted molar refractivity (Wildman–Crippen MR) is 82.4 cm³/mol. The molecule has 0 saturated heterocycles. The van der Waals surface area contributed by atoms with Crippen molar-refractivity contribution in [1.82, 2.24) is 0 Å². The molecule has 2 nitrogen and oxygen atoms in total. The lowest BCUT2D eigenvalue weighted by Crippen LogP contribution is -2.27. The average Bonchev–Trinajstić information content (AvgIpc) is 3.24. The summed E-state index contributed by atoms with van der Waals surface area (Å²) in [6.45, 7) is 0. The van der Waals surface area contributed by atoms with Crippen LogP contribution in [0.15, 0.2) is 48.5 Å². The van der Waals surface area contributed by atoms with Gasteiger partial charge in [0.15, 0.2) is 0 Å². The molecule has 1 fully saturated rings. The fourth-order valence-corrected chi connectivity index (χ4v) is 2.58. The molecule has 4 heteroatoms. The summed E-state index contributed by atoms with van der Waals surface area (Å²) < 4.78 is 0. The molecule has 0 spiro atoms. The van der Waals surface area contributed by atoms with Gasteiger partial charge in [0.25, 0.3) is 0 Å². The molecule has 1 aliphatic rings. The fraction of sp³-hybridized carbons (Fsp3) is 0.188. The SMILES string of the molecule is O=C(Nc1ccc(Cl)cc1)C1(c2ccc(Cl)cc2)CC1. The Kier molecular flexibility index (Phi) is 3.45. The second kappa shape index (κ2) is 5.12. The molecule has 0 heterocycles. The number of hydrogen-bond donors (Lipinski definition) is 1. The Morgan fingerprint density at radius 3 is 1.90 bits per heavy atom. The van der Waals surface area contributed by atoms with E-state index in [-0.39, 0.29) is 5.91 Å². The zero-order valence-electron chi connectivity index (χ0n) is 10.7. The van der Waals surface area contributed by atoms with Gasteiger partial charge in [0.2, 0.25) is 5.91 Å². The minimum absolute atomic E-state index is 0.0298. The van der Waals surface area contributed by atoms with Gasteiger partial charge in [-0.3, -0.25) is 4.79 Å². The molecule has 0 aromatic heterocycles. The largest absolute Gasteiger partial charge is 0.325 e. The third-order valence-electron chi connectivity index (χ3n) is 3.68. The molecule has 102 valence electrons. The van der Waals surface area contributed by atoms with Crippen molar-refractivity contribution >= 4 is 34.8 Å². The number of nitrogens with one attached hydrogen (secondary N) is 1. The van der Waals surface area contributed by atoms with E-state index < -0.39 is 5.41 Å². The molecular formula is C16H13Cl2NO. The molecule has 0 atom stereocenters. The van der Waals surface area contributed by atoms with Crippen LogP contribution in [0.3, 0.4) is 0 Å². The minimum atomic E-state index is -0.399. The van der Waals surface area contributed by atoms with Crippen molar-refractivity contribution in [1.29, 1.82) is 0 Å². The average molecular weight is 306 g/mol. The van der Waals surface area contributed by atoms with Gasteiger partial charge in [0.05, 0.1) is 5.41 Å². The predicted octanol–water partition coefficient (Wildman–Crippen LogP) is 4.66. The number of halogens is 2. The number of rotatable bonds is 3. The second-order valence-electron chi connectivity index (χ2n) is 5.05. The highest BCUT2D eigenvalue weighted by Crippen LogP contribution is 2.49. The number of carbonyl (C=O) groups excluding carboxylic acids is 1. The van der Waals surface area contributed by atoms with Crippen molar-refractivity contribution in [3.63, 3.8) is 0 Å². The maximum Gasteiger partial charge on any atom is 0.235 e. The summed E-state index contributed by atoms with van der Waals surface area (Å²) in [6.07, 6.45) is 1.74. The second-order valence-corrected chi connectivity index (χ2v) is 5.92. The van der Waals surface area contributed by atoms with Crippen LogP contribution in [0.5, 0.6) is 0 Å². The van der Waals surface area contributed by atoms with Crippen LogP contribution in [-0.2, 0) is 10.2 Å². The molecule has 1 N–H and O–H groups in total. The molecule has 0 aliphatic heterocycles. The van der Waals surface area contributed by atoms with E-state index in [0.717, 1.165) is 24.1 Å². The molecule has 20 heavy (non-hydrogen) atoms. The number of hydrogen-bond acceptors (Lipinski definition) is 1. The topological polar surface area (TPSA) is 29.1 Å². The van der Waals surface area contributed by atoms with Gasteiger partial charge < -0.3 is 5.32 Å². The highest BCUT2D eigenvalue weighted by atomic mass is 35.5.